The zero-order chi connectivity index (χ0) is 25.2. The van der Waals surface area contributed by atoms with Crippen LogP contribution >= 0.6 is 11.8 Å². The fourth-order valence-corrected chi connectivity index (χ4v) is 5.64. The van der Waals surface area contributed by atoms with Crippen molar-refractivity contribution < 1.29 is 24.5 Å². The topological polar surface area (TPSA) is 149 Å². The van der Waals surface area contributed by atoms with Gasteiger partial charge in [0.1, 0.15) is 29.7 Å². The Bertz CT molecular complexity index is 1010. The summed E-state index contributed by atoms with van der Waals surface area (Å²) < 4.78 is 13.0. The Morgan fingerprint density at radius 1 is 1.23 bits per heavy atom. The smallest absolute Gasteiger partial charge is 0.306 e. The molecule has 0 saturated carbocycles. The molecule has 11 nitrogen and oxygen atoms in total. The number of nitrogens with zero attached hydrogens (tertiary/aromatic N) is 5. The van der Waals surface area contributed by atoms with E-state index in [4.69, 9.17) is 15.2 Å². The maximum Gasteiger partial charge on any atom is 0.306 e. The molecule has 194 valence electrons. The van der Waals surface area contributed by atoms with E-state index in [1.807, 2.05) is 20.8 Å². The van der Waals surface area contributed by atoms with E-state index in [9.17, 15) is 15.0 Å². The Labute approximate surface area is 209 Å². The van der Waals surface area contributed by atoms with Gasteiger partial charge in [-0.3, -0.25) is 9.36 Å². The maximum atomic E-state index is 12.1. The van der Waals surface area contributed by atoms with Crippen molar-refractivity contribution in [3.05, 3.63) is 12.7 Å². The second-order valence-corrected chi connectivity index (χ2v) is 11.4. The van der Waals surface area contributed by atoms with E-state index in [0.717, 1.165) is 38.2 Å². The molecule has 2 aromatic rings. The highest BCUT2D eigenvalue weighted by Crippen LogP contribution is 2.33. The van der Waals surface area contributed by atoms with E-state index in [1.54, 1.807) is 16.3 Å². The fourth-order valence-electron chi connectivity index (χ4n) is 4.58. The molecule has 4 atom stereocenters. The van der Waals surface area contributed by atoms with Crippen molar-refractivity contribution in [2.45, 2.75) is 70.2 Å². The highest BCUT2D eigenvalue weighted by atomic mass is 32.2. The van der Waals surface area contributed by atoms with Crippen molar-refractivity contribution in [2.24, 2.45) is 5.92 Å². The van der Waals surface area contributed by atoms with Gasteiger partial charge < -0.3 is 30.3 Å². The summed E-state index contributed by atoms with van der Waals surface area (Å²) >= 11 is 1.69. The number of hydrogen-bond acceptors (Lipinski definition) is 11. The summed E-state index contributed by atoms with van der Waals surface area (Å²) in [6.45, 7) is 8.55. The molecule has 35 heavy (non-hydrogen) atoms. The van der Waals surface area contributed by atoms with Crippen molar-refractivity contribution in [1.82, 2.24) is 24.4 Å². The molecule has 0 aromatic carbocycles. The summed E-state index contributed by atoms with van der Waals surface area (Å²) in [7, 11) is 0. The number of thioether (sulfide) groups is 1. The number of ether oxygens (including phenoxy) is 2. The number of rotatable bonds is 8. The number of esters is 1. The number of aliphatic hydroxyl groups excluding tert-OH is 2. The number of hydrogen-bond donors (Lipinski definition) is 3. The summed E-state index contributed by atoms with van der Waals surface area (Å²) in [6, 6.07) is 0. The van der Waals surface area contributed by atoms with E-state index in [1.165, 1.54) is 12.7 Å². The van der Waals surface area contributed by atoms with Crippen LogP contribution in [0.3, 0.4) is 0 Å². The third-order valence-electron chi connectivity index (χ3n) is 6.41. The Kier molecular flexibility index (Phi) is 8.16. The zero-order valence-corrected chi connectivity index (χ0v) is 21.4. The lowest BCUT2D eigenvalue weighted by Crippen LogP contribution is -2.37. The molecular weight excluding hydrogens is 472 g/mol. The van der Waals surface area contributed by atoms with Crippen LogP contribution in [0.2, 0.25) is 0 Å². The van der Waals surface area contributed by atoms with Crippen LogP contribution in [0.5, 0.6) is 0 Å². The number of carbonyl (C=O) groups excluding carboxylic acids is 1. The van der Waals surface area contributed by atoms with E-state index >= 15 is 0 Å². The number of anilines is 1. The van der Waals surface area contributed by atoms with Gasteiger partial charge >= 0.3 is 5.97 Å². The molecule has 2 aliphatic heterocycles. The van der Waals surface area contributed by atoms with Crippen molar-refractivity contribution >= 4 is 34.7 Å². The van der Waals surface area contributed by atoms with Crippen molar-refractivity contribution in [3.63, 3.8) is 0 Å². The predicted molar refractivity (Wildman–Crippen MR) is 133 cm³/mol. The summed E-state index contributed by atoms with van der Waals surface area (Å²) in [5.74, 6) is 1.98. The van der Waals surface area contributed by atoms with E-state index in [2.05, 4.69) is 19.9 Å². The van der Waals surface area contributed by atoms with Crippen LogP contribution in [-0.4, -0.2) is 95.7 Å². The molecule has 0 bridgehead atoms. The number of piperidine rings is 1. The first-order valence-corrected chi connectivity index (χ1v) is 13.2. The number of carbonyl (C=O) groups is 1. The third-order valence-corrected chi connectivity index (χ3v) is 7.45. The number of aromatic nitrogens is 4. The van der Waals surface area contributed by atoms with Crippen molar-refractivity contribution in [1.29, 1.82) is 0 Å². The number of likely N-dealkylation sites (tertiary alicyclic amines) is 1. The SMILES string of the molecule is CC(C)(C)OC(=O)CC1CCN(CCSC[C@H]2O[C@@H](n3cnc4c(N)ncnc43)[C@@H](O)C2O)CC1. The van der Waals surface area contributed by atoms with Gasteiger partial charge in [-0.05, 0) is 52.6 Å². The van der Waals surface area contributed by atoms with Crippen molar-refractivity contribution in [3.8, 4) is 0 Å². The Morgan fingerprint density at radius 3 is 2.69 bits per heavy atom. The Balaban J connectivity index is 1.18. The van der Waals surface area contributed by atoms with Crippen LogP contribution in [0.1, 0.15) is 46.3 Å². The molecule has 4 N–H and O–H groups in total. The van der Waals surface area contributed by atoms with Gasteiger partial charge in [-0.25, -0.2) is 15.0 Å². The molecule has 2 fully saturated rings. The van der Waals surface area contributed by atoms with Gasteiger partial charge in [0.25, 0.3) is 0 Å². The molecular formula is C23H36N6O5S. The average Bonchev–Trinajstić information content (AvgIpc) is 3.33. The Hall–Kier alpha value is -1.99. The molecule has 2 aromatic heterocycles. The normalized spacial score (nSPS) is 26.4. The van der Waals surface area contributed by atoms with Gasteiger partial charge in [-0.2, -0.15) is 11.8 Å². The summed E-state index contributed by atoms with van der Waals surface area (Å²) in [6.07, 6.45) is 1.91. The Morgan fingerprint density at radius 2 is 1.97 bits per heavy atom. The third kappa shape index (κ3) is 6.42. The first-order valence-electron chi connectivity index (χ1n) is 12.1. The van der Waals surface area contributed by atoms with Gasteiger partial charge in [-0.1, -0.05) is 0 Å². The fraction of sp³-hybridized carbons (Fsp3) is 0.739. The van der Waals surface area contributed by atoms with E-state index in [-0.39, 0.29) is 11.8 Å². The molecule has 2 saturated heterocycles. The second-order valence-electron chi connectivity index (χ2n) is 10.3. The van der Waals surface area contributed by atoms with E-state index in [0.29, 0.717) is 29.3 Å². The monoisotopic (exact) mass is 508 g/mol. The van der Waals surface area contributed by atoms with Crippen LogP contribution in [0.4, 0.5) is 5.82 Å². The number of nitrogen functional groups attached to an aromatic ring is 1. The van der Waals surface area contributed by atoms with Crippen LogP contribution in [0, 0.1) is 5.92 Å². The number of aliphatic hydroxyl groups is 2. The summed E-state index contributed by atoms with van der Waals surface area (Å²) in [5, 5.41) is 21.1. The van der Waals surface area contributed by atoms with Crippen LogP contribution < -0.4 is 5.73 Å². The molecule has 1 unspecified atom stereocenters. The molecule has 0 radical (unpaired) electrons. The zero-order valence-electron chi connectivity index (χ0n) is 20.5. The standard InChI is InChI=1S/C23H36N6O5S/c1-23(2,3)34-16(30)10-14-4-6-28(7-5-14)8-9-35-11-15-18(31)19(32)22(33-15)29-13-27-17-20(24)25-12-26-21(17)29/h12-15,18-19,22,31-32H,4-11H2,1-3H3,(H2,24,25,26)/t15-,18?,19+,22-/m1/s1. The largest absolute Gasteiger partial charge is 0.460 e. The van der Waals surface area contributed by atoms with Gasteiger partial charge in [0, 0.05) is 24.5 Å². The van der Waals surface area contributed by atoms with Crippen LogP contribution in [-0.2, 0) is 14.3 Å². The van der Waals surface area contributed by atoms with E-state index < -0.39 is 30.1 Å². The van der Waals surface area contributed by atoms with Gasteiger partial charge in [0.2, 0.25) is 0 Å². The maximum absolute atomic E-state index is 12.1. The van der Waals surface area contributed by atoms with Crippen molar-refractivity contribution in [2.75, 3.05) is 36.9 Å². The lowest BCUT2D eigenvalue weighted by molar-refractivity contribution is -0.156. The average molecular weight is 509 g/mol. The molecule has 4 rings (SSSR count). The number of nitrogens with two attached hydrogens (primary N) is 1. The quantitative estimate of drug-likeness (QED) is 0.349. The predicted octanol–water partition coefficient (Wildman–Crippen LogP) is 1.20. The molecule has 12 heteroatoms. The summed E-state index contributed by atoms with van der Waals surface area (Å²) in [5.41, 5.74) is 6.30. The van der Waals surface area contributed by atoms with Gasteiger partial charge in [0.15, 0.2) is 17.7 Å². The molecule has 0 aliphatic carbocycles. The lowest BCUT2D eigenvalue weighted by atomic mass is 9.93. The lowest BCUT2D eigenvalue weighted by Gasteiger charge is -2.32. The molecule has 4 heterocycles. The summed E-state index contributed by atoms with van der Waals surface area (Å²) in [4.78, 5) is 26.8. The van der Waals surface area contributed by atoms with Gasteiger partial charge in [-0.15, -0.1) is 0 Å². The molecule has 0 amide bonds. The van der Waals surface area contributed by atoms with Gasteiger partial charge in [0.05, 0.1) is 12.4 Å². The highest BCUT2D eigenvalue weighted by Gasteiger charge is 2.44. The van der Waals surface area contributed by atoms with Crippen LogP contribution in [0.15, 0.2) is 12.7 Å². The first-order chi connectivity index (χ1) is 16.6. The highest BCUT2D eigenvalue weighted by molar-refractivity contribution is 7.99. The first kappa shape index (κ1) is 26.1. The number of imidazole rings is 1. The minimum absolute atomic E-state index is 0.110. The van der Waals surface area contributed by atoms with Crippen LogP contribution in [0.25, 0.3) is 11.2 Å². The molecule has 0 spiro atoms. The second kappa shape index (κ2) is 11.0. The number of fused-ring (bicyclic) bond motifs is 1. The minimum Gasteiger partial charge on any atom is -0.460 e. The molecule has 2 aliphatic rings. The minimum atomic E-state index is -1.10.